The summed E-state index contributed by atoms with van der Waals surface area (Å²) in [5.41, 5.74) is 0.756. The van der Waals surface area contributed by atoms with E-state index in [0.29, 0.717) is 18.4 Å². The van der Waals surface area contributed by atoms with Crippen LogP contribution in [-0.2, 0) is 16.0 Å². The van der Waals surface area contributed by atoms with Crippen LogP contribution in [0.4, 0.5) is 10.1 Å². The molecular weight excluding hydrogens is 225 g/mol. The van der Waals surface area contributed by atoms with Crippen LogP contribution in [0.15, 0.2) is 18.2 Å². The number of carboxylic acids is 1. The van der Waals surface area contributed by atoms with Crippen molar-refractivity contribution in [2.24, 2.45) is 0 Å². The van der Waals surface area contributed by atoms with Crippen LogP contribution in [-0.4, -0.2) is 17.0 Å². The molecule has 92 valence electrons. The average Bonchev–Trinajstić information content (AvgIpc) is 2.22. The zero-order valence-electron chi connectivity index (χ0n) is 9.50. The highest BCUT2D eigenvalue weighted by Gasteiger charge is 2.09. The quantitative estimate of drug-likeness (QED) is 0.827. The van der Waals surface area contributed by atoms with E-state index in [1.165, 1.54) is 19.1 Å². The number of anilines is 1. The minimum atomic E-state index is -0.887. The van der Waals surface area contributed by atoms with Crippen LogP contribution in [0.1, 0.15) is 25.3 Å². The largest absolute Gasteiger partial charge is 0.481 e. The Bertz CT molecular complexity index is 432. The number of aryl methyl sites for hydroxylation is 1. The van der Waals surface area contributed by atoms with E-state index in [4.69, 9.17) is 5.11 Å². The highest BCUT2D eigenvalue weighted by molar-refractivity contribution is 5.89. The maximum Gasteiger partial charge on any atom is 0.303 e. The number of para-hydroxylation sites is 1. The Morgan fingerprint density at radius 1 is 1.41 bits per heavy atom. The molecule has 1 aromatic carbocycles. The van der Waals surface area contributed by atoms with Gasteiger partial charge in [-0.15, -0.1) is 0 Å². The van der Waals surface area contributed by atoms with Crippen LogP contribution in [0.25, 0.3) is 0 Å². The summed E-state index contributed by atoms with van der Waals surface area (Å²) in [6, 6.07) is 4.47. The molecule has 0 radical (unpaired) electrons. The number of nitrogens with one attached hydrogen (secondary N) is 1. The first-order valence-corrected chi connectivity index (χ1v) is 5.27. The van der Waals surface area contributed by atoms with Crippen LogP contribution < -0.4 is 5.32 Å². The van der Waals surface area contributed by atoms with Gasteiger partial charge in [0.2, 0.25) is 5.91 Å². The van der Waals surface area contributed by atoms with E-state index < -0.39 is 11.8 Å². The maximum atomic E-state index is 13.5. The summed E-state index contributed by atoms with van der Waals surface area (Å²) in [6.07, 6.45) is 0.848. The molecule has 2 N–H and O–H groups in total. The van der Waals surface area contributed by atoms with E-state index in [9.17, 15) is 14.0 Å². The van der Waals surface area contributed by atoms with E-state index >= 15 is 0 Å². The van der Waals surface area contributed by atoms with Crippen LogP contribution in [0.3, 0.4) is 0 Å². The van der Waals surface area contributed by atoms with Crippen LogP contribution in [0.2, 0.25) is 0 Å². The second-order valence-electron chi connectivity index (χ2n) is 3.70. The predicted octanol–water partition coefficient (Wildman–Crippen LogP) is 2.19. The zero-order chi connectivity index (χ0) is 12.8. The van der Waals surface area contributed by atoms with Gasteiger partial charge in [0.05, 0.1) is 5.69 Å². The molecule has 0 aliphatic carbocycles. The van der Waals surface area contributed by atoms with Gasteiger partial charge in [-0.05, 0) is 24.5 Å². The fourth-order valence-corrected chi connectivity index (χ4v) is 1.52. The maximum absolute atomic E-state index is 13.5. The van der Waals surface area contributed by atoms with Gasteiger partial charge in [0.25, 0.3) is 0 Å². The standard InChI is InChI=1S/C12H14FNO3/c1-8(15)14-12-9(4-2-6-10(12)13)5-3-7-11(16)17/h2,4,6H,3,5,7H2,1H3,(H,14,15)(H,16,17). The minimum absolute atomic E-state index is 0.0238. The first-order chi connectivity index (χ1) is 8.00. The zero-order valence-corrected chi connectivity index (χ0v) is 9.50. The van der Waals surface area contributed by atoms with Gasteiger partial charge in [-0.1, -0.05) is 12.1 Å². The molecule has 1 rings (SSSR count). The van der Waals surface area contributed by atoms with Crippen molar-refractivity contribution < 1.29 is 19.1 Å². The molecule has 4 nitrogen and oxygen atoms in total. The number of amides is 1. The number of halogens is 1. The third kappa shape index (κ3) is 4.22. The number of carboxylic acid groups (broad SMARTS) is 1. The van der Waals surface area contributed by atoms with Crippen molar-refractivity contribution in [3.8, 4) is 0 Å². The van der Waals surface area contributed by atoms with Gasteiger partial charge in [0.15, 0.2) is 0 Å². The molecule has 0 saturated carbocycles. The lowest BCUT2D eigenvalue weighted by Gasteiger charge is -2.10. The predicted molar refractivity (Wildman–Crippen MR) is 61.3 cm³/mol. The second-order valence-corrected chi connectivity index (χ2v) is 3.70. The van der Waals surface area contributed by atoms with Crippen LogP contribution in [0.5, 0.6) is 0 Å². The summed E-state index contributed by atoms with van der Waals surface area (Å²) in [5, 5.41) is 10.9. The van der Waals surface area contributed by atoms with Crippen molar-refractivity contribution in [3.05, 3.63) is 29.6 Å². The molecule has 0 bridgehead atoms. The van der Waals surface area contributed by atoms with Gasteiger partial charge in [-0.25, -0.2) is 4.39 Å². The number of carbonyl (C=O) groups excluding carboxylic acids is 1. The fraction of sp³-hybridized carbons (Fsp3) is 0.333. The van der Waals surface area contributed by atoms with Crippen molar-refractivity contribution in [1.82, 2.24) is 0 Å². The molecule has 0 fully saturated rings. The normalized spacial score (nSPS) is 10.0. The first-order valence-electron chi connectivity index (χ1n) is 5.27. The molecule has 0 aliphatic heterocycles. The molecule has 0 heterocycles. The highest BCUT2D eigenvalue weighted by atomic mass is 19.1. The number of carbonyl (C=O) groups is 2. The SMILES string of the molecule is CC(=O)Nc1c(F)cccc1CCCC(=O)O. The summed E-state index contributed by atoms with van der Waals surface area (Å²) < 4.78 is 13.5. The number of hydrogen-bond donors (Lipinski definition) is 2. The van der Waals surface area contributed by atoms with E-state index in [1.54, 1.807) is 6.07 Å². The summed E-state index contributed by atoms with van der Waals surface area (Å²) in [5.74, 6) is -1.75. The molecule has 0 aromatic heterocycles. The molecule has 0 aliphatic rings. The minimum Gasteiger partial charge on any atom is -0.481 e. The van der Waals surface area contributed by atoms with Crippen molar-refractivity contribution in [2.75, 3.05) is 5.32 Å². The topological polar surface area (TPSA) is 66.4 Å². The lowest BCUT2D eigenvalue weighted by Crippen LogP contribution is -2.10. The van der Waals surface area contributed by atoms with E-state index in [0.717, 1.165) is 0 Å². The molecule has 0 unspecified atom stereocenters. The Labute approximate surface area is 98.5 Å². The Kier molecular flexibility index (Phi) is 4.63. The molecule has 17 heavy (non-hydrogen) atoms. The van der Waals surface area contributed by atoms with Gasteiger partial charge in [-0.3, -0.25) is 9.59 Å². The van der Waals surface area contributed by atoms with E-state index in [1.807, 2.05) is 0 Å². The van der Waals surface area contributed by atoms with Crippen molar-refractivity contribution in [2.45, 2.75) is 26.2 Å². The Hall–Kier alpha value is -1.91. The summed E-state index contributed by atoms with van der Waals surface area (Å²) in [7, 11) is 0. The van der Waals surface area contributed by atoms with Crippen molar-refractivity contribution in [3.63, 3.8) is 0 Å². The third-order valence-corrected chi connectivity index (χ3v) is 2.24. The van der Waals surface area contributed by atoms with Crippen LogP contribution >= 0.6 is 0 Å². The molecule has 0 saturated heterocycles. The Morgan fingerprint density at radius 2 is 2.12 bits per heavy atom. The number of rotatable bonds is 5. The number of aliphatic carboxylic acids is 1. The van der Waals surface area contributed by atoms with Crippen molar-refractivity contribution in [1.29, 1.82) is 0 Å². The van der Waals surface area contributed by atoms with Gasteiger partial charge < -0.3 is 10.4 Å². The van der Waals surface area contributed by atoms with E-state index in [-0.39, 0.29) is 18.0 Å². The van der Waals surface area contributed by atoms with Gasteiger partial charge >= 0.3 is 5.97 Å². The highest BCUT2D eigenvalue weighted by Crippen LogP contribution is 2.21. The molecular formula is C12H14FNO3. The fourth-order valence-electron chi connectivity index (χ4n) is 1.52. The molecule has 1 amide bonds. The monoisotopic (exact) mass is 239 g/mol. The van der Waals surface area contributed by atoms with Gasteiger partial charge in [-0.2, -0.15) is 0 Å². The van der Waals surface area contributed by atoms with Gasteiger partial charge in [0, 0.05) is 13.3 Å². The smallest absolute Gasteiger partial charge is 0.303 e. The molecule has 0 spiro atoms. The summed E-state index contributed by atoms with van der Waals surface area (Å²) in [4.78, 5) is 21.3. The number of hydrogen-bond acceptors (Lipinski definition) is 2. The molecule has 1 aromatic rings. The van der Waals surface area contributed by atoms with E-state index in [2.05, 4.69) is 5.32 Å². The summed E-state index contributed by atoms with van der Waals surface area (Å²) in [6.45, 7) is 1.30. The number of benzene rings is 1. The third-order valence-electron chi connectivity index (χ3n) is 2.24. The first kappa shape index (κ1) is 13.2. The lowest BCUT2D eigenvalue weighted by molar-refractivity contribution is -0.137. The van der Waals surface area contributed by atoms with Gasteiger partial charge in [0.1, 0.15) is 5.82 Å². The second kappa shape index (κ2) is 5.98. The Balaban J connectivity index is 2.79. The lowest BCUT2D eigenvalue weighted by atomic mass is 10.1. The molecule has 0 atom stereocenters. The van der Waals surface area contributed by atoms with Crippen LogP contribution in [0, 0.1) is 5.82 Å². The Morgan fingerprint density at radius 3 is 2.71 bits per heavy atom. The van der Waals surface area contributed by atoms with Crippen molar-refractivity contribution >= 4 is 17.6 Å². The molecule has 5 heteroatoms. The average molecular weight is 239 g/mol. The summed E-state index contributed by atoms with van der Waals surface area (Å²) >= 11 is 0.